The van der Waals surface area contributed by atoms with Crippen LogP contribution in [0.4, 0.5) is 0 Å². The third kappa shape index (κ3) is 4.00. The molecule has 0 bridgehead atoms. The van der Waals surface area contributed by atoms with Crippen LogP contribution in [-0.4, -0.2) is 56.8 Å². The van der Waals surface area contributed by atoms with E-state index in [0.717, 1.165) is 56.1 Å². The molecule has 0 radical (unpaired) electrons. The van der Waals surface area contributed by atoms with Crippen LogP contribution >= 0.6 is 0 Å². The Morgan fingerprint density at radius 2 is 1.89 bits per heavy atom. The SMILES string of the molecule is Cc1nccc(C2CCN(C(=O)[C@@H](c3cccnc3)N3CCCC3)CC2)n1. The monoisotopic (exact) mass is 365 g/mol. The van der Waals surface area contributed by atoms with Gasteiger partial charge in [0.1, 0.15) is 11.9 Å². The van der Waals surface area contributed by atoms with Crippen molar-refractivity contribution in [2.75, 3.05) is 26.2 Å². The summed E-state index contributed by atoms with van der Waals surface area (Å²) in [5, 5.41) is 0. The molecule has 0 spiro atoms. The largest absolute Gasteiger partial charge is 0.341 e. The normalized spacial score (nSPS) is 20.0. The van der Waals surface area contributed by atoms with Gasteiger partial charge < -0.3 is 4.90 Å². The molecule has 27 heavy (non-hydrogen) atoms. The summed E-state index contributed by atoms with van der Waals surface area (Å²) in [7, 11) is 0. The standard InChI is InChI=1S/C21H27N5O/c1-16-23-10-6-19(24-16)17-7-13-26(14-8-17)21(27)20(25-11-2-3-12-25)18-5-4-9-22-15-18/h4-6,9-10,15,17,20H,2-3,7-8,11-14H2,1H3/t20-/m1/s1. The van der Waals surface area contributed by atoms with Crippen LogP contribution in [0, 0.1) is 6.92 Å². The zero-order valence-corrected chi connectivity index (χ0v) is 15.9. The number of hydrogen-bond acceptors (Lipinski definition) is 5. The summed E-state index contributed by atoms with van der Waals surface area (Å²) in [6, 6.07) is 5.77. The lowest BCUT2D eigenvalue weighted by Crippen LogP contribution is -2.45. The van der Waals surface area contributed by atoms with E-state index in [0.29, 0.717) is 5.92 Å². The fraction of sp³-hybridized carbons (Fsp3) is 0.524. The number of piperidine rings is 1. The molecular formula is C21H27N5O. The van der Waals surface area contributed by atoms with E-state index in [2.05, 4.69) is 19.9 Å². The van der Waals surface area contributed by atoms with Crippen LogP contribution in [0.2, 0.25) is 0 Å². The first kappa shape index (κ1) is 18.0. The van der Waals surface area contributed by atoms with Crippen LogP contribution in [0.3, 0.4) is 0 Å². The fourth-order valence-corrected chi connectivity index (χ4v) is 4.32. The number of carbonyl (C=O) groups is 1. The lowest BCUT2D eigenvalue weighted by atomic mass is 9.92. The second kappa shape index (κ2) is 8.13. The highest BCUT2D eigenvalue weighted by molar-refractivity contribution is 5.83. The Morgan fingerprint density at radius 3 is 2.56 bits per heavy atom. The molecule has 1 amide bonds. The lowest BCUT2D eigenvalue weighted by Gasteiger charge is -2.36. The number of nitrogens with zero attached hydrogens (tertiary/aromatic N) is 5. The van der Waals surface area contributed by atoms with Gasteiger partial charge in [-0.15, -0.1) is 0 Å². The smallest absolute Gasteiger partial charge is 0.244 e. The second-order valence-electron chi connectivity index (χ2n) is 7.56. The number of rotatable bonds is 4. The molecule has 2 aromatic heterocycles. The first-order valence-electron chi connectivity index (χ1n) is 9.94. The number of hydrogen-bond donors (Lipinski definition) is 0. The Labute approximate surface area is 160 Å². The number of carbonyl (C=O) groups excluding carboxylic acids is 1. The van der Waals surface area contributed by atoms with Crippen LogP contribution in [0.1, 0.15) is 54.7 Å². The summed E-state index contributed by atoms with van der Waals surface area (Å²) >= 11 is 0. The van der Waals surface area contributed by atoms with Gasteiger partial charge in [0.05, 0.1) is 0 Å². The van der Waals surface area contributed by atoms with Crippen LogP contribution in [0.15, 0.2) is 36.8 Å². The van der Waals surface area contributed by atoms with Crippen LogP contribution in [-0.2, 0) is 4.79 Å². The molecule has 0 aromatic carbocycles. The van der Waals surface area contributed by atoms with Crippen molar-refractivity contribution in [2.45, 2.75) is 44.6 Å². The molecule has 2 aromatic rings. The van der Waals surface area contributed by atoms with Gasteiger partial charge in [-0.05, 0) is 63.4 Å². The Bertz CT molecular complexity index is 767. The predicted molar refractivity (Wildman–Crippen MR) is 103 cm³/mol. The maximum Gasteiger partial charge on any atom is 0.244 e. The van der Waals surface area contributed by atoms with Gasteiger partial charge in [-0.3, -0.25) is 14.7 Å². The van der Waals surface area contributed by atoms with Gasteiger partial charge in [0, 0.05) is 43.3 Å². The molecule has 6 heteroatoms. The van der Waals surface area contributed by atoms with Gasteiger partial charge in [-0.2, -0.15) is 0 Å². The summed E-state index contributed by atoms with van der Waals surface area (Å²) in [6.45, 7) is 5.48. The molecule has 2 aliphatic rings. The van der Waals surface area contributed by atoms with E-state index >= 15 is 0 Å². The number of pyridine rings is 1. The highest BCUT2D eigenvalue weighted by Crippen LogP contribution is 2.31. The van der Waals surface area contributed by atoms with Crippen LogP contribution < -0.4 is 0 Å². The van der Waals surface area contributed by atoms with E-state index in [1.807, 2.05) is 42.4 Å². The van der Waals surface area contributed by atoms with Gasteiger partial charge in [0.15, 0.2) is 0 Å². The Morgan fingerprint density at radius 1 is 1.11 bits per heavy atom. The molecule has 0 N–H and O–H groups in total. The van der Waals surface area contributed by atoms with E-state index in [1.54, 1.807) is 6.20 Å². The molecule has 2 aliphatic heterocycles. The van der Waals surface area contributed by atoms with E-state index < -0.39 is 0 Å². The van der Waals surface area contributed by atoms with Gasteiger partial charge >= 0.3 is 0 Å². The lowest BCUT2D eigenvalue weighted by molar-refractivity contribution is -0.138. The fourth-order valence-electron chi connectivity index (χ4n) is 4.32. The van der Waals surface area contributed by atoms with Crippen LogP contribution in [0.25, 0.3) is 0 Å². The summed E-state index contributed by atoms with van der Waals surface area (Å²) in [5.41, 5.74) is 2.12. The Hall–Kier alpha value is -2.34. The predicted octanol–water partition coefficient (Wildman–Crippen LogP) is 2.72. The number of likely N-dealkylation sites (tertiary alicyclic amines) is 2. The van der Waals surface area contributed by atoms with E-state index in [9.17, 15) is 4.79 Å². The number of aromatic nitrogens is 3. The van der Waals surface area contributed by atoms with E-state index in [-0.39, 0.29) is 11.9 Å². The molecule has 4 rings (SSSR count). The first-order chi connectivity index (χ1) is 13.2. The highest BCUT2D eigenvalue weighted by atomic mass is 16.2. The molecule has 2 saturated heterocycles. The Kier molecular flexibility index (Phi) is 5.43. The van der Waals surface area contributed by atoms with Crippen LogP contribution in [0.5, 0.6) is 0 Å². The maximum atomic E-state index is 13.4. The van der Waals surface area contributed by atoms with Crippen molar-refractivity contribution < 1.29 is 4.79 Å². The minimum absolute atomic E-state index is 0.195. The van der Waals surface area contributed by atoms with Gasteiger partial charge in [0.2, 0.25) is 5.91 Å². The van der Waals surface area contributed by atoms with Crippen molar-refractivity contribution in [1.29, 1.82) is 0 Å². The van der Waals surface area contributed by atoms with Crippen molar-refractivity contribution in [3.8, 4) is 0 Å². The molecule has 4 heterocycles. The van der Waals surface area contributed by atoms with Crippen molar-refractivity contribution in [3.63, 3.8) is 0 Å². The zero-order chi connectivity index (χ0) is 18.6. The average Bonchev–Trinajstić information content (AvgIpc) is 3.23. The summed E-state index contributed by atoms with van der Waals surface area (Å²) in [5.74, 6) is 1.46. The molecule has 2 fully saturated rings. The van der Waals surface area contributed by atoms with E-state index in [4.69, 9.17) is 0 Å². The van der Waals surface area contributed by atoms with Gasteiger partial charge in [-0.25, -0.2) is 9.97 Å². The third-order valence-corrected chi connectivity index (χ3v) is 5.76. The molecule has 1 atom stereocenters. The number of aryl methyl sites for hydroxylation is 1. The summed E-state index contributed by atoms with van der Waals surface area (Å²) < 4.78 is 0. The minimum atomic E-state index is -0.195. The summed E-state index contributed by atoms with van der Waals surface area (Å²) in [6.07, 6.45) is 9.70. The third-order valence-electron chi connectivity index (χ3n) is 5.76. The molecule has 0 saturated carbocycles. The number of amides is 1. The molecule has 6 nitrogen and oxygen atoms in total. The second-order valence-corrected chi connectivity index (χ2v) is 7.56. The van der Waals surface area contributed by atoms with Gasteiger partial charge in [-0.1, -0.05) is 6.07 Å². The van der Waals surface area contributed by atoms with Gasteiger partial charge in [0.25, 0.3) is 0 Å². The van der Waals surface area contributed by atoms with Crippen molar-refractivity contribution >= 4 is 5.91 Å². The molecule has 0 aliphatic carbocycles. The Balaban J connectivity index is 1.46. The molecular weight excluding hydrogens is 338 g/mol. The van der Waals surface area contributed by atoms with Crippen molar-refractivity contribution in [1.82, 2.24) is 24.8 Å². The average molecular weight is 365 g/mol. The quantitative estimate of drug-likeness (QED) is 0.834. The zero-order valence-electron chi connectivity index (χ0n) is 15.9. The van der Waals surface area contributed by atoms with Crippen molar-refractivity contribution in [3.05, 3.63) is 53.9 Å². The molecule has 142 valence electrons. The maximum absolute atomic E-state index is 13.4. The van der Waals surface area contributed by atoms with E-state index in [1.165, 1.54) is 12.8 Å². The first-order valence-corrected chi connectivity index (χ1v) is 9.94. The summed E-state index contributed by atoms with van der Waals surface area (Å²) in [4.78, 5) is 30.8. The minimum Gasteiger partial charge on any atom is -0.341 e. The molecule has 0 unspecified atom stereocenters. The topological polar surface area (TPSA) is 62.2 Å². The highest BCUT2D eigenvalue weighted by Gasteiger charge is 2.35. The van der Waals surface area contributed by atoms with Crippen molar-refractivity contribution in [2.24, 2.45) is 0 Å².